The van der Waals surface area contributed by atoms with E-state index in [1.807, 2.05) is 26.8 Å². The Morgan fingerprint density at radius 1 is 1.40 bits per heavy atom. The molecule has 1 rings (SSSR count). The molecule has 0 aromatic carbocycles. The van der Waals surface area contributed by atoms with Crippen LogP contribution in [0.15, 0.2) is 10.3 Å². The first kappa shape index (κ1) is 12.2. The first-order valence-electron chi connectivity index (χ1n) is 4.40. The molecule has 0 radical (unpaired) electrons. The Balaban J connectivity index is 3.46. The summed E-state index contributed by atoms with van der Waals surface area (Å²) in [6, 6.07) is 3.59. The van der Waals surface area contributed by atoms with Gasteiger partial charge in [-0.3, -0.25) is 0 Å². The van der Waals surface area contributed by atoms with Crippen LogP contribution < -0.4 is 0 Å². The molecule has 0 atom stereocenters. The average molecular weight is 243 g/mol. The van der Waals surface area contributed by atoms with Crippen LogP contribution in [0.2, 0.25) is 0 Å². The van der Waals surface area contributed by atoms with Crippen molar-refractivity contribution in [2.24, 2.45) is 0 Å². The summed E-state index contributed by atoms with van der Waals surface area (Å²) in [5.41, 5.74) is 0.131. The number of sulfone groups is 1. The minimum Gasteiger partial charge on any atom is -0.223 e. The summed E-state index contributed by atoms with van der Waals surface area (Å²) >= 11 is 1.19. The Morgan fingerprint density at radius 3 is 2.20 bits per heavy atom. The van der Waals surface area contributed by atoms with Crippen molar-refractivity contribution >= 4 is 21.2 Å². The van der Waals surface area contributed by atoms with Gasteiger partial charge >= 0.3 is 0 Å². The van der Waals surface area contributed by atoms with Gasteiger partial charge in [-0.1, -0.05) is 20.8 Å². The van der Waals surface area contributed by atoms with Crippen molar-refractivity contribution in [1.29, 1.82) is 5.26 Å². The second-order valence-corrected chi connectivity index (χ2v) is 7.71. The predicted octanol–water partition coefficient (Wildman–Crippen LogP) is 2.32. The van der Waals surface area contributed by atoms with Crippen LogP contribution >= 0.6 is 11.3 Å². The molecule has 0 aliphatic rings. The van der Waals surface area contributed by atoms with Crippen LogP contribution in [0.5, 0.6) is 0 Å². The maximum Gasteiger partial charge on any atom is 0.186 e. The zero-order valence-electron chi connectivity index (χ0n) is 9.16. The summed E-state index contributed by atoms with van der Waals surface area (Å²) in [6.07, 6.45) is 1.13. The molecule has 0 saturated heterocycles. The predicted molar refractivity (Wildman–Crippen MR) is 60.8 cm³/mol. The van der Waals surface area contributed by atoms with Crippen LogP contribution in [0, 0.1) is 11.3 Å². The topological polar surface area (TPSA) is 57.9 Å². The highest BCUT2D eigenvalue weighted by molar-refractivity contribution is 7.92. The third-order valence-electron chi connectivity index (χ3n) is 1.89. The third kappa shape index (κ3) is 2.58. The van der Waals surface area contributed by atoms with Crippen molar-refractivity contribution in [3.8, 4) is 6.07 Å². The molecule has 0 aliphatic carbocycles. The first-order valence-corrected chi connectivity index (χ1v) is 7.11. The van der Waals surface area contributed by atoms with Gasteiger partial charge < -0.3 is 0 Å². The molecule has 0 aliphatic heterocycles. The minimum absolute atomic E-state index is 0.126. The molecule has 3 nitrogen and oxygen atoms in total. The smallest absolute Gasteiger partial charge is 0.186 e. The van der Waals surface area contributed by atoms with Gasteiger partial charge in [0.05, 0.1) is 5.56 Å². The summed E-state index contributed by atoms with van der Waals surface area (Å²) in [5, 5.41) is 8.85. The first-order chi connectivity index (χ1) is 6.66. The highest BCUT2D eigenvalue weighted by Crippen LogP contribution is 2.34. The minimum atomic E-state index is -3.29. The number of thiophene rings is 1. The van der Waals surface area contributed by atoms with Crippen LogP contribution in [0.25, 0.3) is 0 Å². The van der Waals surface area contributed by atoms with E-state index in [4.69, 9.17) is 5.26 Å². The molecular formula is C10H13NO2S2. The van der Waals surface area contributed by atoms with Gasteiger partial charge in [-0.15, -0.1) is 11.3 Å². The Hall–Kier alpha value is -0.860. The lowest BCUT2D eigenvalue weighted by atomic mass is 9.94. The molecule has 0 saturated carbocycles. The molecule has 5 heteroatoms. The molecule has 1 aromatic heterocycles. The van der Waals surface area contributed by atoms with Crippen molar-refractivity contribution in [2.45, 2.75) is 30.4 Å². The average Bonchev–Trinajstić information content (AvgIpc) is 2.44. The Kier molecular flexibility index (Phi) is 2.94. The molecule has 1 aromatic rings. The van der Waals surface area contributed by atoms with Gasteiger partial charge in [0.1, 0.15) is 10.3 Å². The summed E-state index contributed by atoms with van der Waals surface area (Å²) < 4.78 is 23.0. The van der Waals surface area contributed by atoms with Crippen LogP contribution in [0.4, 0.5) is 0 Å². The Bertz CT molecular complexity index is 513. The summed E-state index contributed by atoms with van der Waals surface area (Å²) in [6.45, 7) is 5.98. The Morgan fingerprint density at radius 2 is 1.93 bits per heavy atom. The lowest BCUT2D eigenvalue weighted by Gasteiger charge is -2.14. The van der Waals surface area contributed by atoms with Gasteiger partial charge in [0.2, 0.25) is 0 Å². The van der Waals surface area contributed by atoms with Crippen LogP contribution in [0.1, 0.15) is 31.2 Å². The van der Waals surface area contributed by atoms with E-state index in [1.165, 1.54) is 11.3 Å². The van der Waals surface area contributed by atoms with E-state index in [0.717, 1.165) is 11.1 Å². The summed E-state index contributed by atoms with van der Waals surface area (Å²) in [5.74, 6) is 0. The molecule has 15 heavy (non-hydrogen) atoms. The van der Waals surface area contributed by atoms with Gasteiger partial charge in [0.25, 0.3) is 0 Å². The van der Waals surface area contributed by atoms with E-state index in [9.17, 15) is 8.42 Å². The fourth-order valence-corrected chi connectivity index (χ4v) is 3.37. The number of hydrogen-bond acceptors (Lipinski definition) is 4. The van der Waals surface area contributed by atoms with Crippen LogP contribution in [0.3, 0.4) is 0 Å². The molecule has 0 bridgehead atoms. The second-order valence-electron chi connectivity index (χ2n) is 4.45. The van der Waals surface area contributed by atoms with Crippen molar-refractivity contribution in [3.63, 3.8) is 0 Å². The van der Waals surface area contributed by atoms with Crippen molar-refractivity contribution in [3.05, 3.63) is 16.5 Å². The number of hydrogen-bond donors (Lipinski definition) is 0. The summed E-state index contributed by atoms with van der Waals surface area (Å²) in [4.78, 5) is 0.916. The molecule has 0 N–H and O–H groups in total. The molecule has 82 valence electrons. The fraction of sp³-hybridized carbons (Fsp3) is 0.500. The molecule has 0 unspecified atom stereocenters. The van der Waals surface area contributed by atoms with Gasteiger partial charge in [0.15, 0.2) is 9.84 Å². The zero-order chi connectivity index (χ0) is 11.9. The van der Waals surface area contributed by atoms with E-state index in [0.29, 0.717) is 0 Å². The number of nitriles is 1. The van der Waals surface area contributed by atoms with Crippen LogP contribution in [-0.2, 0) is 15.3 Å². The Labute approximate surface area is 94.3 Å². The maximum atomic E-state index is 11.4. The van der Waals surface area contributed by atoms with E-state index in [2.05, 4.69) is 0 Å². The molecule has 0 amide bonds. The van der Waals surface area contributed by atoms with E-state index >= 15 is 0 Å². The largest absolute Gasteiger partial charge is 0.223 e. The SMILES string of the molecule is CC(C)(C)c1cc(C#N)c(S(C)(=O)=O)s1. The highest BCUT2D eigenvalue weighted by atomic mass is 32.2. The van der Waals surface area contributed by atoms with Crippen LogP contribution in [-0.4, -0.2) is 14.7 Å². The fourth-order valence-electron chi connectivity index (χ4n) is 1.10. The molecule has 1 heterocycles. The standard InChI is InChI=1S/C10H13NO2S2/c1-10(2,3)8-5-7(6-11)9(14-8)15(4,12)13/h5H,1-4H3. The van der Waals surface area contributed by atoms with E-state index in [1.54, 1.807) is 6.07 Å². The summed E-state index contributed by atoms with van der Waals surface area (Å²) in [7, 11) is -3.29. The molecule has 0 spiro atoms. The number of rotatable bonds is 1. The van der Waals surface area contributed by atoms with Crippen molar-refractivity contribution in [1.82, 2.24) is 0 Å². The van der Waals surface area contributed by atoms with Gasteiger partial charge in [-0.05, 0) is 11.5 Å². The zero-order valence-corrected chi connectivity index (χ0v) is 10.8. The van der Waals surface area contributed by atoms with E-state index < -0.39 is 9.84 Å². The third-order valence-corrected chi connectivity index (χ3v) is 5.30. The molecule has 0 fully saturated rings. The lowest BCUT2D eigenvalue weighted by molar-refractivity contribution is 0.603. The molecular weight excluding hydrogens is 230 g/mol. The highest BCUT2D eigenvalue weighted by Gasteiger charge is 2.23. The van der Waals surface area contributed by atoms with E-state index in [-0.39, 0.29) is 15.2 Å². The van der Waals surface area contributed by atoms with Crippen molar-refractivity contribution in [2.75, 3.05) is 6.26 Å². The normalized spacial score (nSPS) is 12.5. The van der Waals surface area contributed by atoms with Gasteiger partial charge in [-0.25, -0.2) is 8.42 Å². The number of nitrogens with zero attached hydrogens (tertiary/aromatic N) is 1. The maximum absolute atomic E-state index is 11.4. The quantitative estimate of drug-likeness (QED) is 0.760. The van der Waals surface area contributed by atoms with Gasteiger partial charge in [0, 0.05) is 11.1 Å². The van der Waals surface area contributed by atoms with Gasteiger partial charge in [-0.2, -0.15) is 5.26 Å². The second kappa shape index (κ2) is 3.62. The monoisotopic (exact) mass is 243 g/mol. The lowest BCUT2D eigenvalue weighted by Crippen LogP contribution is -2.07. The van der Waals surface area contributed by atoms with Crippen molar-refractivity contribution < 1.29 is 8.42 Å².